The van der Waals surface area contributed by atoms with Crippen molar-refractivity contribution >= 4 is 0 Å². The molecule has 2 nitrogen and oxygen atoms in total. The summed E-state index contributed by atoms with van der Waals surface area (Å²) in [4.78, 5) is 0. The molecule has 0 aliphatic carbocycles. The summed E-state index contributed by atoms with van der Waals surface area (Å²) in [7, 11) is 4.83. The summed E-state index contributed by atoms with van der Waals surface area (Å²) in [6.45, 7) is 1.37. The molecule has 0 rings (SSSR count). The van der Waals surface area contributed by atoms with Gasteiger partial charge in [0, 0.05) is 0 Å². The molecule has 0 aromatic heterocycles. The van der Waals surface area contributed by atoms with Crippen molar-refractivity contribution in [2.45, 2.75) is 25.2 Å². The average molecular weight is 313 g/mol. The Hall–Kier alpha value is 0.440. The van der Waals surface area contributed by atoms with Gasteiger partial charge in [-0.3, -0.25) is 0 Å². The van der Waals surface area contributed by atoms with E-state index >= 15 is 0 Å². The quantitative estimate of drug-likeness (QED) is 0.462. The SMILES string of the molecule is CC(C(O)C(F)(F)F)[N+](C)(C)C.[I-]. The lowest BCUT2D eigenvalue weighted by Gasteiger charge is -2.35. The Kier molecular flexibility index (Phi) is 5.85. The van der Waals surface area contributed by atoms with Crippen LogP contribution in [0.4, 0.5) is 13.2 Å². The van der Waals surface area contributed by atoms with Crippen molar-refractivity contribution in [1.82, 2.24) is 0 Å². The molecule has 0 fully saturated rings. The first-order chi connectivity index (χ1) is 5.07. The van der Waals surface area contributed by atoms with Gasteiger partial charge in [0.05, 0.1) is 21.1 Å². The van der Waals surface area contributed by atoms with Gasteiger partial charge in [0.2, 0.25) is 6.10 Å². The van der Waals surface area contributed by atoms with Crippen LogP contribution in [-0.4, -0.2) is 49.1 Å². The van der Waals surface area contributed by atoms with E-state index in [1.165, 1.54) is 6.92 Å². The minimum Gasteiger partial charge on any atom is -1.00 e. The Morgan fingerprint density at radius 3 is 1.54 bits per heavy atom. The van der Waals surface area contributed by atoms with Crippen molar-refractivity contribution in [3.8, 4) is 0 Å². The molecule has 0 saturated carbocycles. The van der Waals surface area contributed by atoms with Crippen LogP contribution in [0.25, 0.3) is 0 Å². The second-order valence-corrected chi connectivity index (χ2v) is 3.84. The molecule has 6 heteroatoms. The molecule has 0 heterocycles. The lowest BCUT2D eigenvalue weighted by molar-refractivity contribution is -0.899. The van der Waals surface area contributed by atoms with E-state index in [-0.39, 0.29) is 28.5 Å². The number of aliphatic hydroxyl groups excluding tert-OH is 1. The molecule has 0 bridgehead atoms. The largest absolute Gasteiger partial charge is 1.00 e. The molecule has 0 aromatic rings. The summed E-state index contributed by atoms with van der Waals surface area (Å²) in [5.41, 5.74) is 0. The highest BCUT2D eigenvalue weighted by Crippen LogP contribution is 2.25. The monoisotopic (exact) mass is 313 g/mol. The number of halogens is 4. The topological polar surface area (TPSA) is 20.2 Å². The number of aliphatic hydroxyl groups is 1. The second-order valence-electron chi connectivity index (χ2n) is 3.84. The number of rotatable bonds is 2. The van der Waals surface area contributed by atoms with Crippen LogP contribution in [0.15, 0.2) is 0 Å². The maximum atomic E-state index is 12.0. The molecule has 0 amide bonds. The zero-order valence-corrected chi connectivity index (χ0v) is 10.2. The molecule has 2 unspecified atom stereocenters. The third-order valence-corrected chi connectivity index (χ3v) is 2.01. The predicted molar refractivity (Wildman–Crippen MR) is 39.6 cm³/mol. The minimum absolute atomic E-state index is 0. The third-order valence-electron chi connectivity index (χ3n) is 2.01. The van der Waals surface area contributed by atoms with Crippen molar-refractivity contribution in [2.75, 3.05) is 21.1 Å². The van der Waals surface area contributed by atoms with E-state index in [1.54, 1.807) is 21.1 Å². The van der Waals surface area contributed by atoms with E-state index in [0.29, 0.717) is 0 Å². The van der Waals surface area contributed by atoms with Gasteiger partial charge in [-0.05, 0) is 6.92 Å². The van der Waals surface area contributed by atoms with Crippen LogP contribution in [0.1, 0.15) is 6.92 Å². The van der Waals surface area contributed by atoms with Crippen molar-refractivity contribution < 1.29 is 46.7 Å². The fraction of sp³-hybridized carbons (Fsp3) is 1.00. The van der Waals surface area contributed by atoms with E-state index < -0.39 is 18.3 Å². The first-order valence-corrected chi connectivity index (χ1v) is 3.62. The molecule has 0 aromatic carbocycles. The molecule has 0 spiro atoms. The van der Waals surface area contributed by atoms with Gasteiger partial charge in [0.15, 0.2) is 0 Å². The van der Waals surface area contributed by atoms with Crippen molar-refractivity contribution in [1.29, 1.82) is 0 Å². The molecule has 13 heavy (non-hydrogen) atoms. The molecule has 0 saturated heterocycles. The highest BCUT2D eigenvalue weighted by Gasteiger charge is 2.46. The molecular formula is C7H15F3INO. The van der Waals surface area contributed by atoms with Crippen molar-refractivity contribution in [3.05, 3.63) is 0 Å². The van der Waals surface area contributed by atoms with Gasteiger partial charge in [-0.2, -0.15) is 13.2 Å². The zero-order valence-electron chi connectivity index (χ0n) is 8.06. The van der Waals surface area contributed by atoms with E-state index in [4.69, 9.17) is 5.11 Å². The summed E-state index contributed by atoms with van der Waals surface area (Å²) in [6, 6.07) is -0.856. The average Bonchev–Trinajstić information content (AvgIpc) is 1.80. The first-order valence-electron chi connectivity index (χ1n) is 3.62. The third kappa shape index (κ3) is 5.02. The normalized spacial score (nSPS) is 17.5. The van der Waals surface area contributed by atoms with Gasteiger partial charge in [-0.15, -0.1) is 0 Å². The number of likely N-dealkylation sites (N-methyl/N-ethyl adjacent to an activating group) is 1. The Morgan fingerprint density at radius 1 is 1.15 bits per heavy atom. The molecule has 2 atom stereocenters. The van der Waals surface area contributed by atoms with Gasteiger partial charge in [-0.1, -0.05) is 0 Å². The van der Waals surface area contributed by atoms with E-state index in [1.807, 2.05) is 0 Å². The summed E-state index contributed by atoms with van der Waals surface area (Å²) in [5, 5.41) is 8.85. The Bertz CT molecular complexity index is 137. The van der Waals surface area contributed by atoms with Gasteiger partial charge in [0.1, 0.15) is 6.04 Å². The summed E-state index contributed by atoms with van der Waals surface area (Å²) < 4.78 is 36.0. The highest BCUT2D eigenvalue weighted by atomic mass is 127. The Balaban J connectivity index is 0. The first kappa shape index (κ1) is 15.9. The molecule has 0 radical (unpaired) electrons. The molecule has 0 aliphatic rings. The Morgan fingerprint density at radius 2 is 1.46 bits per heavy atom. The van der Waals surface area contributed by atoms with Gasteiger partial charge in [-0.25, -0.2) is 0 Å². The van der Waals surface area contributed by atoms with Gasteiger partial charge in [0.25, 0.3) is 0 Å². The maximum absolute atomic E-state index is 12.0. The number of hydrogen-bond donors (Lipinski definition) is 1. The number of nitrogens with zero attached hydrogens (tertiary/aromatic N) is 1. The lowest BCUT2D eigenvalue weighted by Crippen LogP contribution is -3.00. The maximum Gasteiger partial charge on any atom is 0.420 e. The van der Waals surface area contributed by atoms with Crippen LogP contribution >= 0.6 is 0 Å². The number of alkyl halides is 3. The van der Waals surface area contributed by atoms with E-state index in [0.717, 1.165) is 0 Å². The fourth-order valence-corrected chi connectivity index (χ4v) is 0.697. The van der Waals surface area contributed by atoms with E-state index in [2.05, 4.69) is 0 Å². The standard InChI is InChI=1S/C7H15F3NO.HI/c1-5(11(2,3)4)6(12)7(8,9)10;/h5-6,12H,1-4H3;1H/q+1;/p-1. The lowest BCUT2D eigenvalue weighted by atomic mass is 10.1. The zero-order chi connectivity index (χ0) is 10.2. The van der Waals surface area contributed by atoms with Crippen molar-refractivity contribution in [3.63, 3.8) is 0 Å². The van der Waals surface area contributed by atoms with Crippen LogP contribution in [0.2, 0.25) is 0 Å². The molecule has 82 valence electrons. The minimum atomic E-state index is -4.52. The van der Waals surface area contributed by atoms with Gasteiger partial charge < -0.3 is 33.6 Å². The van der Waals surface area contributed by atoms with Crippen molar-refractivity contribution in [2.24, 2.45) is 0 Å². The Labute approximate surface area is 93.3 Å². The second kappa shape index (κ2) is 4.79. The van der Waals surface area contributed by atoms with Crippen LogP contribution in [-0.2, 0) is 0 Å². The summed E-state index contributed by atoms with van der Waals surface area (Å²) in [5.74, 6) is 0. The van der Waals surface area contributed by atoms with Crippen LogP contribution < -0.4 is 24.0 Å². The highest BCUT2D eigenvalue weighted by molar-refractivity contribution is 4.71. The molecule has 1 N–H and O–H groups in total. The number of hydrogen-bond acceptors (Lipinski definition) is 1. The fourth-order valence-electron chi connectivity index (χ4n) is 0.697. The number of quaternary nitrogens is 1. The van der Waals surface area contributed by atoms with Gasteiger partial charge >= 0.3 is 6.18 Å². The predicted octanol–water partition coefficient (Wildman–Crippen LogP) is -1.99. The smallest absolute Gasteiger partial charge is 0.420 e. The molecular weight excluding hydrogens is 298 g/mol. The van der Waals surface area contributed by atoms with E-state index in [9.17, 15) is 13.2 Å². The van der Waals surface area contributed by atoms with Crippen LogP contribution in [0.3, 0.4) is 0 Å². The summed E-state index contributed by atoms with van der Waals surface area (Å²) >= 11 is 0. The summed E-state index contributed by atoms with van der Waals surface area (Å²) in [6.07, 6.45) is -6.78. The van der Waals surface area contributed by atoms with Crippen LogP contribution in [0.5, 0.6) is 0 Å². The van der Waals surface area contributed by atoms with Crippen LogP contribution in [0, 0.1) is 0 Å². The molecule has 0 aliphatic heterocycles.